The zero-order valence-electron chi connectivity index (χ0n) is 12.0. The number of terminal acetylenes is 1. The number of likely N-dealkylation sites (tertiary alicyclic amines) is 1. The molecule has 1 amide bonds. The Kier molecular flexibility index (Phi) is 3.92. The van der Waals surface area contributed by atoms with Crippen molar-refractivity contribution >= 4 is 5.91 Å². The summed E-state index contributed by atoms with van der Waals surface area (Å²) in [5, 5.41) is 10.6. The van der Waals surface area contributed by atoms with E-state index in [1.54, 1.807) is 11.0 Å². The normalized spacial score (nSPS) is 35.5. The van der Waals surface area contributed by atoms with Crippen LogP contribution in [0.2, 0.25) is 0 Å². The van der Waals surface area contributed by atoms with Crippen LogP contribution in [-0.2, 0) is 14.3 Å². The van der Waals surface area contributed by atoms with Gasteiger partial charge in [-0.25, -0.2) is 0 Å². The molecule has 2 aliphatic rings. The lowest BCUT2D eigenvalue weighted by Gasteiger charge is -2.54. The summed E-state index contributed by atoms with van der Waals surface area (Å²) in [4.78, 5) is 13.8. The molecule has 110 valence electrons. The third kappa shape index (κ3) is 2.35. The second kappa shape index (κ2) is 5.21. The molecule has 0 unspecified atom stereocenters. The van der Waals surface area contributed by atoms with Crippen molar-refractivity contribution in [1.29, 1.82) is 0 Å². The summed E-state index contributed by atoms with van der Waals surface area (Å²) in [5.74, 6) is 1.49. The highest BCUT2D eigenvalue weighted by atomic mass is 16.7. The molecular weight excluding hydrogens is 258 g/mol. The van der Waals surface area contributed by atoms with Crippen LogP contribution in [0.3, 0.4) is 0 Å². The highest BCUT2D eigenvalue weighted by Crippen LogP contribution is 2.40. The third-order valence-electron chi connectivity index (χ3n) is 3.79. The average molecular weight is 279 g/mol. The first-order chi connectivity index (χ1) is 9.35. The van der Waals surface area contributed by atoms with Crippen LogP contribution in [0, 0.1) is 12.3 Å². The van der Waals surface area contributed by atoms with Crippen molar-refractivity contribution < 1.29 is 19.4 Å². The van der Waals surface area contributed by atoms with Gasteiger partial charge in [0.15, 0.2) is 11.4 Å². The fourth-order valence-corrected chi connectivity index (χ4v) is 2.93. The molecule has 0 radical (unpaired) electrons. The monoisotopic (exact) mass is 279 g/mol. The third-order valence-corrected chi connectivity index (χ3v) is 3.79. The van der Waals surface area contributed by atoms with Crippen LogP contribution >= 0.6 is 0 Å². The number of β-lactam (4-membered cyclic amide) rings is 1. The molecule has 0 aromatic heterocycles. The number of carbonyl (C=O) groups is 1. The van der Waals surface area contributed by atoms with Gasteiger partial charge in [-0.05, 0) is 13.8 Å². The highest BCUT2D eigenvalue weighted by Gasteiger charge is 2.63. The molecule has 0 bridgehead atoms. The van der Waals surface area contributed by atoms with Crippen molar-refractivity contribution in [3.8, 4) is 12.3 Å². The zero-order chi connectivity index (χ0) is 15.0. The van der Waals surface area contributed by atoms with Crippen molar-refractivity contribution in [3.05, 3.63) is 12.7 Å². The SMILES string of the molecule is C#CCCN1C(=O)[C@@](O)(CC=C)[C@@H]1[C@H]1COC(C)(C)O1. The van der Waals surface area contributed by atoms with E-state index in [2.05, 4.69) is 12.5 Å². The summed E-state index contributed by atoms with van der Waals surface area (Å²) in [6.45, 7) is 7.99. The maximum atomic E-state index is 12.2. The summed E-state index contributed by atoms with van der Waals surface area (Å²) in [6, 6.07) is -0.442. The van der Waals surface area contributed by atoms with E-state index in [0.717, 1.165) is 0 Å². The van der Waals surface area contributed by atoms with Gasteiger partial charge >= 0.3 is 0 Å². The molecule has 0 aromatic carbocycles. The number of aliphatic hydroxyl groups is 1. The van der Waals surface area contributed by atoms with Crippen LogP contribution < -0.4 is 0 Å². The predicted molar refractivity (Wildman–Crippen MR) is 73.6 cm³/mol. The first-order valence-electron chi connectivity index (χ1n) is 6.75. The standard InChI is InChI=1S/C15H21NO4/c1-5-7-9-16-12(11-10-19-14(3,4)20-11)15(18,8-6-2)13(16)17/h1,6,11-12,18H,2,7-10H2,3-4H3/t11-,12+,15-/m1/s1. The Hall–Kier alpha value is -1.35. The molecule has 5 nitrogen and oxygen atoms in total. The molecule has 0 aliphatic carbocycles. The average Bonchev–Trinajstić information content (AvgIpc) is 2.73. The first-order valence-corrected chi connectivity index (χ1v) is 6.75. The lowest BCUT2D eigenvalue weighted by atomic mass is 9.76. The molecule has 0 saturated carbocycles. The van der Waals surface area contributed by atoms with Gasteiger partial charge in [0.25, 0.3) is 5.91 Å². The largest absolute Gasteiger partial charge is 0.377 e. The fraction of sp³-hybridized carbons (Fsp3) is 0.667. The van der Waals surface area contributed by atoms with Crippen molar-refractivity contribution in [2.45, 2.75) is 50.2 Å². The molecule has 2 saturated heterocycles. The van der Waals surface area contributed by atoms with E-state index >= 15 is 0 Å². The molecule has 2 heterocycles. The van der Waals surface area contributed by atoms with Gasteiger partial charge in [0.2, 0.25) is 0 Å². The molecule has 2 rings (SSSR count). The molecule has 0 spiro atoms. The van der Waals surface area contributed by atoms with Gasteiger partial charge in [-0.1, -0.05) is 6.08 Å². The van der Waals surface area contributed by atoms with Gasteiger partial charge in [-0.15, -0.1) is 18.9 Å². The van der Waals surface area contributed by atoms with Gasteiger partial charge in [0.05, 0.1) is 12.6 Å². The Morgan fingerprint density at radius 1 is 1.65 bits per heavy atom. The minimum absolute atomic E-state index is 0.198. The molecule has 1 N–H and O–H groups in total. The lowest BCUT2D eigenvalue weighted by Crippen LogP contribution is -2.77. The summed E-state index contributed by atoms with van der Waals surface area (Å²) in [7, 11) is 0. The Balaban J connectivity index is 2.17. The maximum Gasteiger partial charge on any atom is 0.257 e. The Bertz CT molecular complexity index is 453. The van der Waals surface area contributed by atoms with E-state index in [-0.39, 0.29) is 18.4 Å². The molecule has 0 aromatic rings. The molecule has 20 heavy (non-hydrogen) atoms. The number of ether oxygens (including phenoxy) is 2. The second-order valence-electron chi connectivity index (χ2n) is 5.68. The molecule has 2 fully saturated rings. The quantitative estimate of drug-likeness (QED) is 0.457. The predicted octanol–water partition coefficient (Wildman–Crippen LogP) is 0.679. The van der Waals surface area contributed by atoms with Crippen molar-refractivity contribution in [1.82, 2.24) is 4.90 Å². The minimum Gasteiger partial charge on any atom is -0.377 e. The van der Waals surface area contributed by atoms with Crippen molar-refractivity contribution in [3.63, 3.8) is 0 Å². The molecule has 5 heteroatoms. The Morgan fingerprint density at radius 2 is 2.35 bits per heavy atom. The van der Waals surface area contributed by atoms with E-state index in [9.17, 15) is 9.90 Å². The number of hydrogen-bond acceptors (Lipinski definition) is 4. The van der Waals surface area contributed by atoms with E-state index in [1.807, 2.05) is 13.8 Å². The Morgan fingerprint density at radius 3 is 2.85 bits per heavy atom. The molecule has 2 aliphatic heterocycles. The van der Waals surface area contributed by atoms with Crippen LogP contribution in [0.5, 0.6) is 0 Å². The van der Waals surface area contributed by atoms with E-state index in [0.29, 0.717) is 19.6 Å². The number of nitrogens with zero attached hydrogens (tertiary/aromatic N) is 1. The summed E-state index contributed by atoms with van der Waals surface area (Å²) in [5.41, 5.74) is -1.45. The summed E-state index contributed by atoms with van der Waals surface area (Å²) >= 11 is 0. The highest BCUT2D eigenvalue weighted by molar-refractivity contribution is 5.93. The number of hydrogen-bond donors (Lipinski definition) is 1. The summed E-state index contributed by atoms with van der Waals surface area (Å²) in [6.07, 6.45) is 7.08. The van der Waals surface area contributed by atoms with Crippen LogP contribution in [-0.4, -0.2) is 52.6 Å². The molecule has 3 atom stereocenters. The number of rotatable bonds is 5. The van der Waals surface area contributed by atoms with Gasteiger partial charge in [0, 0.05) is 19.4 Å². The van der Waals surface area contributed by atoms with E-state index < -0.39 is 17.4 Å². The second-order valence-corrected chi connectivity index (χ2v) is 5.68. The van der Waals surface area contributed by atoms with E-state index in [4.69, 9.17) is 15.9 Å². The number of amides is 1. The van der Waals surface area contributed by atoms with Crippen LogP contribution in [0.4, 0.5) is 0 Å². The topological polar surface area (TPSA) is 59.0 Å². The number of carbonyl (C=O) groups excluding carboxylic acids is 1. The van der Waals surface area contributed by atoms with Gasteiger partial charge in [-0.2, -0.15) is 0 Å². The van der Waals surface area contributed by atoms with Crippen molar-refractivity contribution in [2.24, 2.45) is 0 Å². The maximum absolute atomic E-state index is 12.2. The van der Waals surface area contributed by atoms with Crippen LogP contribution in [0.1, 0.15) is 26.7 Å². The van der Waals surface area contributed by atoms with Gasteiger partial charge in [0.1, 0.15) is 6.10 Å². The van der Waals surface area contributed by atoms with Crippen LogP contribution in [0.15, 0.2) is 12.7 Å². The van der Waals surface area contributed by atoms with Crippen LogP contribution in [0.25, 0.3) is 0 Å². The molecular formula is C15H21NO4. The summed E-state index contributed by atoms with van der Waals surface area (Å²) < 4.78 is 11.3. The smallest absolute Gasteiger partial charge is 0.257 e. The minimum atomic E-state index is -1.45. The van der Waals surface area contributed by atoms with Gasteiger partial charge in [-0.3, -0.25) is 4.79 Å². The Labute approximate surface area is 119 Å². The lowest BCUT2D eigenvalue weighted by molar-refractivity contribution is -0.214. The first kappa shape index (κ1) is 15.0. The van der Waals surface area contributed by atoms with E-state index in [1.165, 1.54) is 0 Å². The fourth-order valence-electron chi connectivity index (χ4n) is 2.93. The van der Waals surface area contributed by atoms with Crippen molar-refractivity contribution in [2.75, 3.05) is 13.2 Å². The zero-order valence-corrected chi connectivity index (χ0v) is 12.0. The van der Waals surface area contributed by atoms with Gasteiger partial charge < -0.3 is 19.5 Å².